The van der Waals surface area contributed by atoms with E-state index in [0.29, 0.717) is 25.0 Å². The minimum atomic E-state index is -0.0943. The molecule has 0 unspecified atom stereocenters. The van der Waals surface area contributed by atoms with Gasteiger partial charge in [0.1, 0.15) is 0 Å². The smallest absolute Gasteiger partial charge is 0.218 e. The molecule has 5 nitrogen and oxygen atoms in total. The van der Waals surface area contributed by atoms with Crippen molar-refractivity contribution in [2.24, 2.45) is 10.7 Å². The number of aliphatic imine (C=N–C) groups is 1. The lowest BCUT2D eigenvalue weighted by Crippen LogP contribution is -2.44. The number of rotatable bonds is 6. The zero-order valence-electron chi connectivity index (χ0n) is 13.3. The van der Waals surface area contributed by atoms with Crippen LogP contribution in [0.3, 0.4) is 0 Å². The second-order valence-corrected chi connectivity index (χ2v) is 5.75. The van der Waals surface area contributed by atoms with E-state index in [0.717, 1.165) is 18.4 Å². The van der Waals surface area contributed by atoms with Crippen LogP contribution in [0.4, 0.5) is 0 Å². The van der Waals surface area contributed by atoms with Gasteiger partial charge in [-0.1, -0.05) is 19.4 Å². The third-order valence-corrected chi connectivity index (χ3v) is 2.51. The van der Waals surface area contributed by atoms with Gasteiger partial charge in [0.25, 0.3) is 0 Å². The fourth-order valence-electron chi connectivity index (χ4n) is 1.58. The molecule has 0 saturated heterocycles. The van der Waals surface area contributed by atoms with E-state index in [4.69, 9.17) is 10.5 Å². The van der Waals surface area contributed by atoms with E-state index in [2.05, 4.69) is 22.2 Å². The van der Waals surface area contributed by atoms with Crippen LogP contribution in [0.5, 0.6) is 5.88 Å². The topological polar surface area (TPSA) is 72.5 Å². The van der Waals surface area contributed by atoms with Gasteiger partial charge in [-0.3, -0.25) is 0 Å². The second-order valence-electron chi connectivity index (χ2n) is 5.75. The molecule has 0 fully saturated rings. The van der Waals surface area contributed by atoms with Gasteiger partial charge in [-0.2, -0.15) is 0 Å². The van der Waals surface area contributed by atoms with Crippen molar-refractivity contribution in [2.45, 2.75) is 52.6 Å². The molecule has 21 heavy (non-hydrogen) atoms. The molecule has 1 rings (SSSR count). The Bertz CT molecular complexity index is 444. The van der Waals surface area contributed by atoms with Crippen molar-refractivity contribution in [3.05, 3.63) is 23.9 Å². The third kappa shape index (κ3) is 8.75. The Kier molecular flexibility index (Phi) is 9.32. The predicted molar refractivity (Wildman–Crippen MR) is 98.3 cm³/mol. The van der Waals surface area contributed by atoms with E-state index >= 15 is 0 Å². The number of nitrogens with zero attached hydrogens (tertiary/aromatic N) is 2. The summed E-state index contributed by atoms with van der Waals surface area (Å²) in [5.74, 6) is 1.08. The van der Waals surface area contributed by atoms with Gasteiger partial charge in [0.15, 0.2) is 5.96 Å². The maximum absolute atomic E-state index is 5.86. The molecule has 0 amide bonds. The maximum atomic E-state index is 5.86. The lowest BCUT2D eigenvalue weighted by molar-refractivity contribution is 0.294. The van der Waals surface area contributed by atoms with Crippen molar-refractivity contribution in [3.63, 3.8) is 0 Å². The largest absolute Gasteiger partial charge is 0.477 e. The number of hydrogen-bond donors (Lipinski definition) is 2. The Morgan fingerprint density at radius 2 is 2.14 bits per heavy atom. The molecule has 1 aromatic rings. The van der Waals surface area contributed by atoms with Crippen LogP contribution in [0, 0.1) is 0 Å². The monoisotopic (exact) mass is 406 g/mol. The quantitative estimate of drug-likeness (QED) is 0.330. The summed E-state index contributed by atoms with van der Waals surface area (Å²) in [7, 11) is 0. The number of guanidine groups is 1. The Labute approximate surface area is 144 Å². The number of aromatic nitrogens is 1. The van der Waals surface area contributed by atoms with Crippen LogP contribution in [0.15, 0.2) is 23.3 Å². The summed E-state index contributed by atoms with van der Waals surface area (Å²) in [4.78, 5) is 8.58. The number of ether oxygens (including phenoxy) is 1. The first-order chi connectivity index (χ1) is 9.42. The number of nitrogens with one attached hydrogen (secondary N) is 1. The first-order valence-corrected chi connectivity index (χ1v) is 7.07. The fraction of sp³-hybridized carbons (Fsp3) is 0.600. The van der Waals surface area contributed by atoms with Crippen LogP contribution in [0.25, 0.3) is 0 Å². The molecule has 0 spiro atoms. The summed E-state index contributed by atoms with van der Waals surface area (Å²) in [6.07, 6.45) is 3.85. The van der Waals surface area contributed by atoms with Crippen molar-refractivity contribution in [2.75, 3.05) is 6.61 Å². The molecule has 0 saturated carbocycles. The highest BCUT2D eigenvalue weighted by molar-refractivity contribution is 14.0. The van der Waals surface area contributed by atoms with Gasteiger partial charge in [0.05, 0.1) is 13.2 Å². The molecular weight excluding hydrogens is 379 g/mol. The Balaban J connectivity index is 0.00000400. The summed E-state index contributed by atoms with van der Waals surface area (Å²) >= 11 is 0. The van der Waals surface area contributed by atoms with Crippen LogP contribution < -0.4 is 15.8 Å². The zero-order chi connectivity index (χ0) is 15.0. The van der Waals surface area contributed by atoms with E-state index in [1.807, 2.05) is 32.9 Å². The number of pyridine rings is 1. The lowest BCUT2D eigenvalue weighted by atomic mass is 10.1. The first kappa shape index (κ1) is 19.9. The number of nitrogens with two attached hydrogens (primary N) is 1. The van der Waals surface area contributed by atoms with E-state index in [1.165, 1.54) is 0 Å². The van der Waals surface area contributed by atoms with E-state index in [-0.39, 0.29) is 29.5 Å². The van der Waals surface area contributed by atoms with Gasteiger partial charge in [0.2, 0.25) is 5.88 Å². The third-order valence-electron chi connectivity index (χ3n) is 2.51. The molecule has 0 bridgehead atoms. The van der Waals surface area contributed by atoms with Gasteiger partial charge >= 0.3 is 0 Å². The Hall–Kier alpha value is -1.05. The predicted octanol–water partition coefficient (Wildman–Crippen LogP) is 3.08. The molecule has 6 heteroatoms. The molecule has 0 aromatic carbocycles. The average molecular weight is 406 g/mol. The summed E-state index contributed by atoms with van der Waals surface area (Å²) in [5.41, 5.74) is 6.71. The molecule has 0 radical (unpaired) electrons. The molecule has 0 aliphatic carbocycles. The number of halogens is 1. The highest BCUT2D eigenvalue weighted by atomic mass is 127. The number of unbranched alkanes of at least 4 members (excludes halogenated alkanes) is 1. The van der Waals surface area contributed by atoms with E-state index in [9.17, 15) is 0 Å². The Morgan fingerprint density at radius 1 is 1.43 bits per heavy atom. The summed E-state index contributed by atoms with van der Waals surface area (Å²) in [6, 6.07) is 3.84. The van der Waals surface area contributed by atoms with Crippen molar-refractivity contribution >= 4 is 29.9 Å². The molecule has 0 atom stereocenters. The van der Waals surface area contributed by atoms with Crippen molar-refractivity contribution in [1.82, 2.24) is 10.3 Å². The highest BCUT2D eigenvalue weighted by Gasteiger charge is 2.10. The van der Waals surface area contributed by atoms with E-state index in [1.54, 1.807) is 6.20 Å². The molecule has 120 valence electrons. The summed E-state index contributed by atoms with van der Waals surface area (Å²) < 4.78 is 5.67. The SMILES string of the molecule is CCCCOc1ncccc1CN=C(N)NC(C)(C)C.I. The van der Waals surface area contributed by atoms with Gasteiger partial charge in [-0.05, 0) is 33.3 Å². The lowest BCUT2D eigenvalue weighted by Gasteiger charge is -2.21. The first-order valence-electron chi connectivity index (χ1n) is 7.07. The molecular formula is C15H27IN4O. The number of hydrogen-bond acceptors (Lipinski definition) is 3. The van der Waals surface area contributed by atoms with Crippen molar-refractivity contribution in [3.8, 4) is 5.88 Å². The van der Waals surface area contributed by atoms with Gasteiger partial charge in [-0.25, -0.2) is 9.98 Å². The van der Waals surface area contributed by atoms with Crippen LogP contribution in [0.2, 0.25) is 0 Å². The van der Waals surface area contributed by atoms with Gasteiger partial charge in [-0.15, -0.1) is 24.0 Å². The van der Waals surface area contributed by atoms with Crippen LogP contribution >= 0.6 is 24.0 Å². The zero-order valence-corrected chi connectivity index (χ0v) is 15.7. The Morgan fingerprint density at radius 3 is 2.76 bits per heavy atom. The summed E-state index contributed by atoms with van der Waals surface area (Å²) in [5, 5.41) is 3.13. The van der Waals surface area contributed by atoms with E-state index < -0.39 is 0 Å². The van der Waals surface area contributed by atoms with Crippen LogP contribution in [-0.4, -0.2) is 23.1 Å². The molecule has 3 N–H and O–H groups in total. The van der Waals surface area contributed by atoms with Gasteiger partial charge in [0, 0.05) is 17.3 Å². The van der Waals surface area contributed by atoms with Gasteiger partial charge < -0.3 is 15.8 Å². The van der Waals surface area contributed by atoms with Crippen molar-refractivity contribution < 1.29 is 4.74 Å². The maximum Gasteiger partial charge on any atom is 0.218 e. The fourth-order valence-corrected chi connectivity index (χ4v) is 1.58. The average Bonchev–Trinajstić information content (AvgIpc) is 2.36. The molecule has 0 aliphatic heterocycles. The minimum Gasteiger partial charge on any atom is -0.477 e. The second kappa shape index (κ2) is 9.81. The normalized spacial score (nSPS) is 11.7. The highest BCUT2D eigenvalue weighted by Crippen LogP contribution is 2.15. The molecule has 0 aliphatic rings. The van der Waals surface area contributed by atoms with Crippen LogP contribution in [-0.2, 0) is 6.54 Å². The molecule has 1 aromatic heterocycles. The standard InChI is InChI=1S/C15H26N4O.HI/c1-5-6-10-20-13-12(8-7-9-17-13)11-18-14(16)19-15(2,3)4;/h7-9H,5-6,10-11H2,1-4H3,(H3,16,18,19);1H. The summed E-state index contributed by atoms with van der Waals surface area (Å²) in [6.45, 7) is 9.40. The molecule has 1 heterocycles. The van der Waals surface area contributed by atoms with Crippen molar-refractivity contribution in [1.29, 1.82) is 0 Å². The minimum absolute atomic E-state index is 0. The van der Waals surface area contributed by atoms with Crippen LogP contribution in [0.1, 0.15) is 46.1 Å².